The summed E-state index contributed by atoms with van der Waals surface area (Å²) in [5.41, 5.74) is -0.447. The van der Waals surface area contributed by atoms with Crippen LogP contribution in [-0.4, -0.2) is 32.2 Å². The summed E-state index contributed by atoms with van der Waals surface area (Å²) in [5.74, 6) is -8.20. The van der Waals surface area contributed by atoms with Gasteiger partial charge in [0.1, 0.15) is 11.5 Å². The van der Waals surface area contributed by atoms with Crippen LogP contribution in [0.15, 0.2) is 12.1 Å². The van der Waals surface area contributed by atoms with Crippen molar-refractivity contribution in [3.05, 3.63) is 17.2 Å². The molecule has 1 aromatic carbocycles. The summed E-state index contributed by atoms with van der Waals surface area (Å²) in [4.78, 5) is 11.1. The molecule has 0 spiro atoms. The molecule has 118 valence electrons. The van der Waals surface area contributed by atoms with Gasteiger partial charge in [-0.15, -0.1) is 0 Å². The van der Waals surface area contributed by atoms with Gasteiger partial charge in [-0.1, -0.05) is 11.6 Å². The van der Waals surface area contributed by atoms with Gasteiger partial charge >= 0.3 is 18.0 Å². The van der Waals surface area contributed by atoms with Crippen LogP contribution in [0.25, 0.3) is 0 Å². The molecule has 0 bridgehead atoms. The molecule has 1 aromatic rings. The number of alkyl halides is 5. The Kier molecular flexibility index (Phi) is 4.87. The van der Waals surface area contributed by atoms with Gasteiger partial charge in [0, 0.05) is 6.07 Å². The van der Waals surface area contributed by atoms with Crippen LogP contribution >= 0.6 is 11.6 Å². The zero-order valence-corrected chi connectivity index (χ0v) is 11.4. The number of carbonyl (C=O) groups excluding carboxylic acids is 1. The summed E-state index contributed by atoms with van der Waals surface area (Å²) < 4.78 is 71.5. The first-order valence-corrected chi connectivity index (χ1v) is 5.60. The standard InChI is InChI=1S/C11H9ClF5NO3/c1-20-7-4-8(21-2)6(3-5(7)12)18-9(19)10(13,14)11(15,16)17/h3-4H,1-2H3,(H,18,19). The van der Waals surface area contributed by atoms with E-state index in [1.54, 1.807) is 0 Å². The third-order valence-corrected chi connectivity index (χ3v) is 2.66. The maximum atomic E-state index is 12.9. The van der Waals surface area contributed by atoms with Gasteiger partial charge in [0.2, 0.25) is 0 Å². The Labute approximate surface area is 120 Å². The molecule has 0 fully saturated rings. The zero-order valence-electron chi connectivity index (χ0n) is 10.6. The Bertz CT molecular complexity index is 547. The number of nitrogens with one attached hydrogen (secondary N) is 1. The smallest absolute Gasteiger partial charge is 0.463 e. The number of amides is 1. The molecular formula is C11H9ClF5NO3. The number of methoxy groups -OCH3 is 2. The van der Waals surface area contributed by atoms with Gasteiger partial charge in [-0.05, 0) is 6.07 Å². The predicted molar refractivity (Wildman–Crippen MR) is 64.2 cm³/mol. The van der Waals surface area contributed by atoms with Crippen molar-refractivity contribution in [2.24, 2.45) is 0 Å². The molecule has 0 unspecified atom stereocenters. The lowest BCUT2D eigenvalue weighted by atomic mass is 10.2. The van der Waals surface area contributed by atoms with Gasteiger partial charge in [0.15, 0.2) is 0 Å². The van der Waals surface area contributed by atoms with E-state index in [0.717, 1.165) is 19.2 Å². The third kappa shape index (κ3) is 3.46. The van der Waals surface area contributed by atoms with Crippen LogP contribution in [0.4, 0.5) is 27.6 Å². The van der Waals surface area contributed by atoms with Crippen LogP contribution in [0.2, 0.25) is 5.02 Å². The zero-order chi connectivity index (χ0) is 16.4. The van der Waals surface area contributed by atoms with Crippen LogP contribution < -0.4 is 14.8 Å². The SMILES string of the molecule is COc1cc(OC)c(NC(=O)C(F)(F)C(F)(F)F)cc1Cl. The highest BCUT2D eigenvalue weighted by Gasteiger charge is 2.63. The average molecular weight is 334 g/mol. The molecule has 1 rings (SSSR count). The Hall–Kier alpha value is -1.77. The van der Waals surface area contributed by atoms with Gasteiger partial charge in [0.05, 0.1) is 24.9 Å². The molecule has 0 radical (unpaired) electrons. The number of rotatable bonds is 4. The monoisotopic (exact) mass is 333 g/mol. The molecule has 0 aliphatic heterocycles. The fraction of sp³-hybridized carbons (Fsp3) is 0.364. The van der Waals surface area contributed by atoms with Crippen LogP contribution in [0, 0.1) is 0 Å². The molecule has 4 nitrogen and oxygen atoms in total. The number of anilines is 1. The van der Waals surface area contributed by atoms with Crippen molar-refractivity contribution >= 4 is 23.2 Å². The van der Waals surface area contributed by atoms with E-state index in [2.05, 4.69) is 0 Å². The van der Waals surface area contributed by atoms with Crippen molar-refractivity contribution in [3.8, 4) is 11.5 Å². The van der Waals surface area contributed by atoms with Gasteiger partial charge < -0.3 is 14.8 Å². The summed E-state index contributed by atoms with van der Waals surface area (Å²) in [7, 11) is 2.39. The number of hydrogen-bond acceptors (Lipinski definition) is 3. The maximum absolute atomic E-state index is 12.9. The van der Waals surface area contributed by atoms with Gasteiger partial charge in [-0.3, -0.25) is 4.79 Å². The third-order valence-electron chi connectivity index (χ3n) is 2.36. The summed E-state index contributed by atoms with van der Waals surface area (Å²) in [6.07, 6.45) is -6.01. The Balaban J connectivity index is 3.14. The van der Waals surface area contributed by atoms with Crippen LogP contribution in [0.5, 0.6) is 11.5 Å². The molecule has 0 heterocycles. The maximum Gasteiger partial charge on any atom is 0.463 e. The highest BCUT2D eigenvalue weighted by molar-refractivity contribution is 6.32. The minimum absolute atomic E-state index is 0.0918. The van der Waals surface area contributed by atoms with Crippen molar-refractivity contribution in [2.45, 2.75) is 12.1 Å². The first-order chi connectivity index (χ1) is 9.54. The second-order valence-electron chi connectivity index (χ2n) is 3.71. The van der Waals surface area contributed by atoms with E-state index in [4.69, 9.17) is 21.1 Å². The number of halogens is 6. The Morgan fingerprint density at radius 3 is 2.05 bits per heavy atom. The normalized spacial score (nSPS) is 12.0. The summed E-state index contributed by atoms with van der Waals surface area (Å²) in [6, 6.07) is 2.06. The lowest BCUT2D eigenvalue weighted by molar-refractivity contribution is -0.267. The Morgan fingerprint density at radius 1 is 1.10 bits per heavy atom. The molecule has 1 amide bonds. The quantitative estimate of drug-likeness (QED) is 0.858. The molecule has 0 atom stereocenters. The molecule has 0 saturated carbocycles. The van der Waals surface area contributed by atoms with Crippen molar-refractivity contribution in [2.75, 3.05) is 19.5 Å². The molecule has 0 aliphatic rings. The average Bonchev–Trinajstić information content (AvgIpc) is 2.37. The Morgan fingerprint density at radius 2 is 1.62 bits per heavy atom. The first kappa shape index (κ1) is 17.3. The number of hydrogen-bond donors (Lipinski definition) is 1. The van der Waals surface area contributed by atoms with Gasteiger partial charge in [-0.2, -0.15) is 22.0 Å². The first-order valence-electron chi connectivity index (χ1n) is 5.22. The van der Waals surface area contributed by atoms with Gasteiger partial charge in [-0.25, -0.2) is 0 Å². The van der Waals surface area contributed by atoms with Gasteiger partial charge in [0.25, 0.3) is 0 Å². The fourth-order valence-corrected chi connectivity index (χ4v) is 1.53. The fourth-order valence-electron chi connectivity index (χ4n) is 1.29. The molecule has 0 aromatic heterocycles. The highest BCUT2D eigenvalue weighted by Crippen LogP contribution is 2.39. The lowest BCUT2D eigenvalue weighted by Gasteiger charge is -2.20. The van der Waals surface area contributed by atoms with Crippen molar-refractivity contribution in [1.29, 1.82) is 0 Å². The largest absolute Gasteiger partial charge is 0.495 e. The molecule has 0 saturated heterocycles. The molecule has 0 aliphatic carbocycles. The second kappa shape index (κ2) is 5.92. The molecule has 21 heavy (non-hydrogen) atoms. The second-order valence-corrected chi connectivity index (χ2v) is 4.12. The topological polar surface area (TPSA) is 47.6 Å². The van der Waals surface area contributed by atoms with E-state index >= 15 is 0 Å². The van der Waals surface area contributed by atoms with E-state index in [0.29, 0.717) is 0 Å². The molecular weight excluding hydrogens is 325 g/mol. The van der Waals surface area contributed by atoms with E-state index in [1.807, 2.05) is 0 Å². The summed E-state index contributed by atoms with van der Waals surface area (Å²) >= 11 is 5.70. The molecule has 1 N–H and O–H groups in total. The highest BCUT2D eigenvalue weighted by atomic mass is 35.5. The van der Waals surface area contributed by atoms with Crippen LogP contribution in [0.1, 0.15) is 0 Å². The minimum Gasteiger partial charge on any atom is -0.495 e. The summed E-state index contributed by atoms with van der Waals surface area (Å²) in [5, 5.41) is 1.32. The summed E-state index contributed by atoms with van der Waals surface area (Å²) in [6.45, 7) is 0. The van der Waals surface area contributed by atoms with Crippen molar-refractivity contribution in [1.82, 2.24) is 0 Å². The van der Waals surface area contributed by atoms with E-state index < -0.39 is 23.7 Å². The number of carbonyl (C=O) groups is 1. The number of ether oxygens (including phenoxy) is 2. The van der Waals surface area contributed by atoms with Crippen LogP contribution in [-0.2, 0) is 4.79 Å². The molecule has 10 heteroatoms. The lowest BCUT2D eigenvalue weighted by Crippen LogP contribution is -2.47. The minimum atomic E-state index is -6.01. The number of benzene rings is 1. The van der Waals surface area contributed by atoms with E-state index in [-0.39, 0.29) is 16.5 Å². The van der Waals surface area contributed by atoms with E-state index in [9.17, 15) is 26.7 Å². The van der Waals surface area contributed by atoms with Crippen LogP contribution in [0.3, 0.4) is 0 Å². The van der Waals surface area contributed by atoms with Crippen molar-refractivity contribution in [3.63, 3.8) is 0 Å². The van der Waals surface area contributed by atoms with Crippen molar-refractivity contribution < 1.29 is 36.2 Å². The predicted octanol–water partition coefficient (Wildman–Crippen LogP) is 3.49. The van der Waals surface area contributed by atoms with E-state index in [1.165, 1.54) is 12.4 Å².